The highest BCUT2D eigenvalue weighted by molar-refractivity contribution is 5.81. The van der Waals surface area contributed by atoms with E-state index in [-0.39, 0.29) is 17.7 Å². The molecule has 1 saturated carbocycles. The molecule has 1 saturated heterocycles. The van der Waals surface area contributed by atoms with Gasteiger partial charge in [0.05, 0.1) is 5.69 Å². The molecule has 1 aliphatic carbocycles. The van der Waals surface area contributed by atoms with Crippen LogP contribution < -0.4 is 17.2 Å². The molecule has 4 rings (SSSR count). The number of likely N-dealkylation sites (tertiary alicyclic amines) is 1. The number of carbonyl (C=O) groups is 1. The van der Waals surface area contributed by atoms with Crippen molar-refractivity contribution in [1.82, 2.24) is 14.5 Å². The van der Waals surface area contributed by atoms with Gasteiger partial charge in [0, 0.05) is 19.6 Å². The fourth-order valence-corrected chi connectivity index (χ4v) is 5.84. The van der Waals surface area contributed by atoms with Gasteiger partial charge < -0.3 is 26.5 Å². The maximum atomic E-state index is 13.9. The van der Waals surface area contributed by atoms with Crippen molar-refractivity contribution < 1.29 is 9.90 Å². The number of imidazole rings is 1. The summed E-state index contributed by atoms with van der Waals surface area (Å²) in [6.07, 6.45) is 9.00. The number of amides is 1. The summed E-state index contributed by atoms with van der Waals surface area (Å²) in [5.74, 6) is 0.626. The molecule has 6 N–H and O–H groups in total. The Hall–Kier alpha value is -3.23. The van der Waals surface area contributed by atoms with E-state index in [9.17, 15) is 14.7 Å². The molecular formula is C27H40N6O3. The predicted molar refractivity (Wildman–Crippen MR) is 141 cm³/mol. The van der Waals surface area contributed by atoms with E-state index in [0.29, 0.717) is 56.4 Å². The van der Waals surface area contributed by atoms with Gasteiger partial charge in [-0.15, -0.1) is 0 Å². The topological polar surface area (TPSA) is 143 Å². The van der Waals surface area contributed by atoms with Crippen LogP contribution in [0.1, 0.15) is 81.0 Å². The van der Waals surface area contributed by atoms with Crippen LogP contribution >= 0.6 is 0 Å². The molecule has 0 radical (unpaired) electrons. The molecule has 1 amide bonds. The third kappa shape index (κ3) is 6.30. The molecule has 1 aliphatic heterocycles. The van der Waals surface area contributed by atoms with Crippen LogP contribution in [0.4, 0.5) is 0 Å². The molecule has 2 heterocycles. The Kier molecular flexibility index (Phi) is 8.72. The second-order valence-corrected chi connectivity index (χ2v) is 10.3. The van der Waals surface area contributed by atoms with Crippen LogP contribution in [-0.4, -0.2) is 51.1 Å². The SMILES string of the molecule is NC(N)=NCCCc1[nH]c(=O)n([C@H](CC2CCCCC2)C(=O)N2CCC(c3ccccc3)CC2)c1O. The number of aryl methyl sites for hydroxylation is 1. The van der Waals surface area contributed by atoms with Crippen molar-refractivity contribution >= 4 is 11.9 Å². The first-order valence-corrected chi connectivity index (χ1v) is 13.4. The lowest BCUT2D eigenvalue weighted by molar-refractivity contribution is -0.136. The monoisotopic (exact) mass is 496 g/mol. The number of hydrogen-bond acceptors (Lipinski definition) is 4. The summed E-state index contributed by atoms with van der Waals surface area (Å²) >= 11 is 0. The van der Waals surface area contributed by atoms with E-state index in [1.165, 1.54) is 16.6 Å². The zero-order chi connectivity index (χ0) is 25.5. The second kappa shape index (κ2) is 12.1. The first-order chi connectivity index (χ1) is 17.4. The fraction of sp³-hybridized carbons (Fsp3) is 0.593. The number of piperidine rings is 1. The van der Waals surface area contributed by atoms with Gasteiger partial charge in [-0.3, -0.25) is 14.4 Å². The van der Waals surface area contributed by atoms with Crippen LogP contribution in [0.5, 0.6) is 5.88 Å². The molecule has 9 heteroatoms. The van der Waals surface area contributed by atoms with E-state index < -0.39 is 11.7 Å². The lowest BCUT2D eigenvalue weighted by Crippen LogP contribution is -2.44. The summed E-state index contributed by atoms with van der Waals surface area (Å²) < 4.78 is 1.30. The average molecular weight is 497 g/mol. The first kappa shape index (κ1) is 25.9. The van der Waals surface area contributed by atoms with Crippen molar-refractivity contribution in [2.45, 2.75) is 76.2 Å². The fourth-order valence-electron chi connectivity index (χ4n) is 5.84. The van der Waals surface area contributed by atoms with Crippen molar-refractivity contribution in [3.05, 3.63) is 52.1 Å². The van der Waals surface area contributed by atoms with Crippen molar-refractivity contribution in [2.24, 2.45) is 22.4 Å². The Balaban J connectivity index is 1.51. The number of guanidine groups is 1. The van der Waals surface area contributed by atoms with E-state index in [1.54, 1.807) is 0 Å². The van der Waals surface area contributed by atoms with Gasteiger partial charge in [-0.2, -0.15) is 0 Å². The zero-order valence-electron chi connectivity index (χ0n) is 21.1. The van der Waals surface area contributed by atoms with Crippen molar-refractivity contribution in [1.29, 1.82) is 0 Å². The number of nitrogens with zero attached hydrogens (tertiary/aromatic N) is 3. The summed E-state index contributed by atoms with van der Waals surface area (Å²) in [5.41, 5.74) is 12.1. The molecule has 0 bridgehead atoms. The minimum Gasteiger partial charge on any atom is -0.493 e. The molecule has 1 aromatic carbocycles. The number of H-pyrrole nitrogens is 1. The molecule has 1 atom stereocenters. The van der Waals surface area contributed by atoms with Crippen LogP contribution in [0.25, 0.3) is 0 Å². The van der Waals surface area contributed by atoms with Crippen molar-refractivity contribution in [3.63, 3.8) is 0 Å². The summed E-state index contributed by atoms with van der Waals surface area (Å²) in [7, 11) is 0. The number of carbonyl (C=O) groups excluding carboxylic acids is 1. The molecule has 36 heavy (non-hydrogen) atoms. The number of nitrogens with one attached hydrogen (secondary N) is 1. The molecule has 2 aliphatic rings. The number of hydrogen-bond donors (Lipinski definition) is 4. The quantitative estimate of drug-likeness (QED) is 0.240. The number of rotatable bonds is 9. The smallest absolute Gasteiger partial charge is 0.329 e. The maximum absolute atomic E-state index is 13.9. The summed E-state index contributed by atoms with van der Waals surface area (Å²) in [4.78, 5) is 35.5. The van der Waals surface area contributed by atoms with E-state index in [1.807, 2.05) is 11.0 Å². The number of aromatic amines is 1. The lowest BCUT2D eigenvalue weighted by Gasteiger charge is -2.36. The highest BCUT2D eigenvalue weighted by atomic mass is 16.3. The largest absolute Gasteiger partial charge is 0.493 e. The Morgan fingerprint density at radius 3 is 2.44 bits per heavy atom. The van der Waals surface area contributed by atoms with E-state index in [0.717, 1.165) is 38.5 Å². The number of aromatic hydroxyl groups is 1. The van der Waals surface area contributed by atoms with Crippen LogP contribution in [0.2, 0.25) is 0 Å². The lowest BCUT2D eigenvalue weighted by atomic mass is 9.84. The van der Waals surface area contributed by atoms with E-state index >= 15 is 0 Å². The molecule has 9 nitrogen and oxygen atoms in total. The standard InChI is InChI=1S/C27H40N6O3/c28-26(29)30-15-7-12-22-24(34)33(27(36)31-22)23(18-19-8-3-1-4-9-19)25(35)32-16-13-21(14-17-32)20-10-5-2-6-11-20/h2,5-6,10-11,19,21,23,34H,1,3-4,7-9,12-18H2,(H,31,36)(H4,28,29,30)/t23-/m1/s1. The highest BCUT2D eigenvalue weighted by Crippen LogP contribution is 2.35. The van der Waals surface area contributed by atoms with Gasteiger partial charge in [0.2, 0.25) is 11.8 Å². The molecular weight excluding hydrogens is 456 g/mol. The molecule has 196 valence electrons. The van der Waals surface area contributed by atoms with Crippen LogP contribution in [0, 0.1) is 5.92 Å². The van der Waals surface area contributed by atoms with Gasteiger partial charge in [0.25, 0.3) is 0 Å². The Morgan fingerprint density at radius 1 is 1.08 bits per heavy atom. The molecule has 1 aromatic heterocycles. The third-order valence-electron chi connectivity index (χ3n) is 7.81. The number of aromatic nitrogens is 2. The summed E-state index contributed by atoms with van der Waals surface area (Å²) in [6, 6.07) is 9.75. The van der Waals surface area contributed by atoms with Gasteiger partial charge in [-0.25, -0.2) is 4.79 Å². The number of aliphatic imine (C=N–C) groups is 1. The van der Waals surface area contributed by atoms with E-state index in [2.05, 4.69) is 34.2 Å². The summed E-state index contributed by atoms with van der Waals surface area (Å²) in [6.45, 7) is 1.71. The second-order valence-electron chi connectivity index (χ2n) is 10.3. The van der Waals surface area contributed by atoms with Crippen molar-refractivity contribution in [3.8, 4) is 5.88 Å². The first-order valence-electron chi connectivity index (χ1n) is 13.4. The third-order valence-corrected chi connectivity index (χ3v) is 7.81. The van der Waals surface area contributed by atoms with Crippen LogP contribution in [0.3, 0.4) is 0 Å². The summed E-state index contributed by atoms with van der Waals surface area (Å²) in [5, 5.41) is 11.0. The van der Waals surface area contributed by atoms with Crippen LogP contribution in [0.15, 0.2) is 40.1 Å². The molecule has 2 fully saturated rings. The van der Waals surface area contributed by atoms with Gasteiger partial charge in [-0.05, 0) is 49.5 Å². The van der Waals surface area contributed by atoms with Gasteiger partial charge in [0.15, 0.2) is 5.96 Å². The highest BCUT2D eigenvalue weighted by Gasteiger charge is 2.34. The molecule has 0 unspecified atom stereocenters. The number of nitrogens with two attached hydrogens (primary N) is 2. The maximum Gasteiger partial charge on any atom is 0.329 e. The molecule has 0 spiro atoms. The van der Waals surface area contributed by atoms with Crippen molar-refractivity contribution in [2.75, 3.05) is 19.6 Å². The minimum atomic E-state index is -0.698. The van der Waals surface area contributed by atoms with Crippen LogP contribution in [-0.2, 0) is 11.2 Å². The zero-order valence-corrected chi connectivity index (χ0v) is 21.1. The normalized spacial score (nSPS) is 18.2. The average Bonchev–Trinajstić information content (AvgIpc) is 3.18. The Labute approximate surface area is 212 Å². The number of benzene rings is 1. The Morgan fingerprint density at radius 2 is 1.78 bits per heavy atom. The van der Waals surface area contributed by atoms with E-state index in [4.69, 9.17) is 11.5 Å². The van der Waals surface area contributed by atoms with Gasteiger partial charge in [-0.1, -0.05) is 62.4 Å². The van der Waals surface area contributed by atoms with Gasteiger partial charge in [0.1, 0.15) is 6.04 Å². The van der Waals surface area contributed by atoms with Gasteiger partial charge >= 0.3 is 5.69 Å². The molecule has 2 aromatic rings. The Bertz CT molecular complexity index is 1070. The predicted octanol–water partition coefficient (Wildman–Crippen LogP) is 3.01. The minimum absolute atomic E-state index is 0.0134.